The summed E-state index contributed by atoms with van der Waals surface area (Å²) in [7, 11) is 0. The lowest BCUT2D eigenvalue weighted by molar-refractivity contribution is 0.153. The largest absolute Gasteiger partial charge is 0.395 e. The van der Waals surface area contributed by atoms with Crippen molar-refractivity contribution in [2.24, 2.45) is 0 Å². The van der Waals surface area contributed by atoms with Crippen molar-refractivity contribution in [1.29, 1.82) is 0 Å². The Morgan fingerprint density at radius 2 is 2.40 bits per heavy atom. The first-order valence-electron chi connectivity index (χ1n) is 5.25. The van der Waals surface area contributed by atoms with Gasteiger partial charge in [0.2, 0.25) is 0 Å². The molecule has 0 aromatic carbocycles. The van der Waals surface area contributed by atoms with Gasteiger partial charge in [-0.1, -0.05) is 17.7 Å². The Hall–Kier alpha value is -0.640. The second-order valence-electron chi connectivity index (χ2n) is 3.94. The van der Waals surface area contributed by atoms with Gasteiger partial charge in [-0.2, -0.15) is 0 Å². The van der Waals surface area contributed by atoms with E-state index < -0.39 is 0 Å². The molecule has 0 saturated carbocycles. The number of rotatable bonds is 3. The van der Waals surface area contributed by atoms with E-state index in [1.54, 1.807) is 12.3 Å². The lowest BCUT2D eigenvalue weighted by Gasteiger charge is -2.22. The molecule has 2 rings (SSSR count). The molecule has 1 atom stereocenters. The SMILES string of the molecule is OC[C@H]1CCCN1Cc1ccc(Cl)nc1. The molecule has 0 aliphatic carbocycles. The van der Waals surface area contributed by atoms with Gasteiger partial charge in [0.15, 0.2) is 0 Å². The summed E-state index contributed by atoms with van der Waals surface area (Å²) < 4.78 is 0. The van der Waals surface area contributed by atoms with Crippen LogP contribution in [0.4, 0.5) is 0 Å². The number of hydrogen-bond acceptors (Lipinski definition) is 3. The van der Waals surface area contributed by atoms with Gasteiger partial charge in [0.25, 0.3) is 0 Å². The molecule has 1 aromatic rings. The molecule has 1 saturated heterocycles. The molecule has 1 aromatic heterocycles. The van der Waals surface area contributed by atoms with Crippen molar-refractivity contribution in [1.82, 2.24) is 9.88 Å². The first kappa shape index (κ1) is 10.9. The van der Waals surface area contributed by atoms with Crippen LogP contribution in [0.5, 0.6) is 0 Å². The maximum Gasteiger partial charge on any atom is 0.129 e. The summed E-state index contributed by atoms with van der Waals surface area (Å²) in [6.45, 7) is 2.17. The van der Waals surface area contributed by atoms with Gasteiger partial charge in [-0.3, -0.25) is 4.90 Å². The molecule has 0 amide bonds. The fourth-order valence-electron chi connectivity index (χ4n) is 2.04. The van der Waals surface area contributed by atoms with Gasteiger partial charge in [-0.05, 0) is 31.0 Å². The Kier molecular flexibility index (Phi) is 3.57. The fraction of sp³-hybridized carbons (Fsp3) is 0.545. The molecule has 0 radical (unpaired) electrons. The highest BCUT2D eigenvalue weighted by molar-refractivity contribution is 6.29. The standard InChI is InChI=1S/C11H15ClN2O/c12-11-4-3-9(6-13-11)7-14-5-1-2-10(14)8-15/h3-4,6,10,15H,1-2,5,7-8H2/t10-/m1/s1. The van der Waals surface area contributed by atoms with Gasteiger partial charge in [-0.15, -0.1) is 0 Å². The molecule has 4 heteroatoms. The van der Waals surface area contributed by atoms with Crippen LogP contribution < -0.4 is 0 Å². The summed E-state index contributed by atoms with van der Waals surface area (Å²) in [6, 6.07) is 4.11. The van der Waals surface area contributed by atoms with E-state index >= 15 is 0 Å². The molecule has 2 heterocycles. The maximum absolute atomic E-state index is 9.18. The Morgan fingerprint density at radius 1 is 1.53 bits per heavy atom. The fourth-order valence-corrected chi connectivity index (χ4v) is 2.16. The summed E-state index contributed by atoms with van der Waals surface area (Å²) >= 11 is 5.72. The summed E-state index contributed by atoms with van der Waals surface area (Å²) in [6.07, 6.45) is 4.07. The van der Waals surface area contributed by atoms with Crippen LogP contribution in [0.2, 0.25) is 5.15 Å². The minimum atomic E-state index is 0.251. The minimum Gasteiger partial charge on any atom is -0.395 e. The van der Waals surface area contributed by atoms with Crippen molar-refractivity contribution in [3.63, 3.8) is 0 Å². The monoisotopic (exact) mass is 226 g/mol. The normalized spacial score (nSPS) is 22.1. The highest BCUT2D eigenvalue weighted by Gasteiger charge is 2.23. The van der Waals surface area contributed by atoms with E-state index in [4.69, 9.17) is 11.6 Å². The van der Waals surface area contributed by atoms with Crippen LogP contribution >= 0.6 is 11.6 Å². The number of pyridine rings is 1. The molecule has 1 N–H and O–H groups in total. The number of aromatic nitrogens is 1. The van der Waals surface area contributed by atoms with Gasteiger partial charge in [0.05, 0.1) is 6.61 Å². The van der Waals surface area contributed by atoms with Crippen LogP contribution in [0.3, 0.4) is 0 Å². The van der Waals surface area contributed by atoms with E-state index in [1.807, 2.05) is 6.07 Å². The number of aliphatic hydroxyl groups is 1. The second kappa shape index (κ2) is 4.92. The van der Waals surface area contributed by atoms with E-state index in [2.05, 4.69) is 9.88 Å². The van der Waals surface area contributed by atoms with Crippen LogP contribution in [0.15, 0.2) is 18.3 Å². The Morgan fingerprint density at radius 3 is 3.07 bits per heavy atom. The van der Waals surface area contributed by atoms with Gasteiger partial charge in [0, 0.05) is 18.8 Å². The second-order valence-corrected chi connectivity index (χ2v) is 4.33. The molecule has 1 aliphatic rings. The maximum atomic E-state index is 9.18. The van der Waals surface area contributed by atoms with Crippen LogP contribution in [-0.2, 0) is 6.54 Å². The predicted molar refractivity (Wildman–Crippen MR) is 59.8 cm³/mol. The van der Waals surface area contributed by atoms with Crippen LogP contribution in [0.1, 0.15) is 18.4 Å². The number of halogens is 1. The molecule has 0 unspecified atom stereocenters. The van der Waals surface area contributed by atoms with Crippen molar-refractivity contribution in [2.45, 2.75) is 25.4 Å². The average Bonchev–Trinajstić information content (AvgIpc) is 2.69. The smallest absolute Gasteiger partial charge is 0.129 e. The predicted octanol–water partition coefficient (Wildman–Crippen LogP) is 1.69. The van der Waals surface area contributed by atoms with Crippen LogP contribution in [0.25, 0.3) is 0 Å². The summed E-state index contributed by atoms with van der Waals surface area (Å²) in [5.74, 6) is 0. The highest BCUT2D eigenvalue weighted by atomic mass is 35.5. The van der Waals surface area contributed by atoms with Gasteiger partial charge in [0.1, 0.15) is 5.15 Å². The molecular weight excluding hydrogens is 212 g/mol. The quantitative estimate of drug-likeness (QED) is 0.797. The number of aliphatic hydroxyl groups excluding tert-OH is 1. The first-order valence-corrected chi connectivity index (χ1v) is 5.63. The van der Waals surface area contributed by atoms with Crippen molar-refractivity contribution in [3.05, 3.63) is 29.0 Å². The molecule has 82 valence electrons. The number of nitrogens with zero attached hydrogens (tertiary/aromatic N) is 2. The topological polar surface area (TPSA) is 36.4 Å². The third-order valence-corrected chi connectivity index (χ3v) is 3.11. The zero-order valence-corrected chi connectivity index (χ0v) is 9.32. The van der Waals surface area contributed by atoms with E-state index in [0.717, 1.165) is 25.1 Å². The Balaban J connectivity index is 1.99. The van der Waals surface area contributed by atoms with Gasteiger partial charge in [-0.25, -0.2) is 4.98 Å². The number of likely N-dealkylation sites (tertiary alicyclic amines) is 1. The molecule has 1 fully saturated rings. The van der Waals surface area contributed by atoms with E-state index in [1.165, 1.54) is 6.42 Å². The van der Waals surface area contributed by atoms with Crippen molar-refractivity contribution in [2.75, 3.05) is 13.2 Å². The summed E-state index contributed by atoms with van der Waals surface area (Å²) in [4.78, 5) is 6.34. The van der Waals surface area contributed by atoms with Crippen molar-refractivity contribution in [3.8, 4) is 0 Å². The van der Waals surface area contributed by atoms with Crippen molar-refractivity contribution >= 4 is 11.6 Å². The van der Waals surface area contributed by atoms with Crippen LogP contribution in [-0.4, -0.2) is 34.2 Å². The molecule has 0 spiro atoms. The molecular formula is C11H15ClN2O. The molecule has 1 aliphatic heterocycles. The van der Waals surface area contributed by atoms with Gasteiger partial charge < -0.3 is 5.11 Å². The van der Waals surface area contributed by atoms with E-state index in [0.29, 0.717) is 11.2 Å². The van der Waals surface area contributed by atoms with E-state index in [-0.39, 0.29) is 6.61 Å². The molecule has 3 nitrogen and oxygen atoms in total. The average molecular weight is 227 g/mol. The van der Waals surface area contributed by atoms with Gasteiger partial charge >= 0.3 is 0 Å². The number of hydrogen-bond donors (Lipinski definition) is 1. The van der Waals surface area contributed by atoms with E-state index in [9.17, 15) is 5.11 Å². The zero-order chi connectivity index (χ0) is 10.7. The molecule has 15 heavy (non-hydrogen) atoms. The molecule has 0 bridgehead atoms. The third kappa shape index (κ3) is 2.68. The highest BCUT2D eigenvalue weighted by Crippen LogP contribution is 2.19. The third-order valence-electron chi connectivity index (χ3n) is 2.88. The Bertz CT molecular complexity index is 315. The lowest BCUT2D eigenvalue weighted by Crippen LogP contribution is -2.31. The van der Waals surface area contributed by atoms with Crippen molar-refractivity contribution < 1.29 is 5.11 Å². The summed E-state index contributed by atoms with van der Waals surface area (Å²) in [5.41, 5.74) is 1.15. The summed E-state index contributed by atoms with van der Waals surface area (Å²) in [5, 5.41) is 9.71. The Labute approximate surface area is 94.7 Å². The lowest BCUT2D eigenvalue weighted by atomic mass is 10.2. The zero-order valence-electron chi connectivity index (χ0n) is 8.56. The van der Waals surface area contributed by atoms with Crippen LogP contribution in [0, 0.1) is 0 Å². The first-order chi connectivity index (χ1) is 7.29. The minimum absolute atomic E-state index is 0.251.